The zero-order valence-electron chi connectivity index (χ0n) is 8.55. The fraction of sp³-hybridized carbons (Fsp3) is 0.364. The summed E-state index contributed by atoms with van der Waals surface area (Å²) in [6.45, 7) is 6.28. The van der Waals surface area contributed by atoms with Gasteiger partial charge < -0.3 is 4.98 Å². The van der Waals surface area contributed by atoms with Gasteiger partial charge in [0.15, 0.2) is 0 Å². The van der Waals surface area contributed by atoms with Crippen molar-refractivity contribution in [2.24, 2.45) is 0 Å². The molecule has 2 rings (SSSR count). The Kier molecular flexibility index (Phi) is 2.00. The van der Waals surface area contributed by atoms with Crippen molar-refractivity contribution in [3.63, 3.8) is 0 Å². The van der Waals surface area contributed by atoms with Crippen molar-refractivity contribution >= 4 is 21.4 Å². The van der Waals surface area contributed by atoms with Crippen molar-refractivity contribution in [3.8, 4) is 0 Å². The third-order valence-electron chi connectivity index (χ3n) is 2.26. The lowest BCUT2D eigenvalue weighted by Crippen LogP contribution is -2.18. The molecule has 2 aromatic heterocycles. The molecule has 0 saturated carbocycles. The SMILES string of the molecule is CC(C)(C)c1cc2ccsc2c(=O)[nH]1. The van der Waals surface area contributed by atoms with Crippen LogP contribution in [-0.4, -0.2) is 4.98 Å². The van der Waals surface area contributed by atoms with E-state index in [1.807, 2.05) is 11.4 Å². The van der Waals surface area contributed by atoms with Crippen LogP contribution in [0, 0.1) is 0 Å². The summed E-state index contributed by atoms with van der Waals surface area (Å²) in [5, 5.41) is 3.00. The number of thiophene rings is 1. The molecule has 2 nitrogen and oxygen atoms in total. The highest BCUT2D eigenvalue weighted by molar-refractivity contribution is 7.17. The van der Waals surface area contributed by atoms with Crippen LogP contribution in [0.3, 0.4) is 0 Å². The summed E-state index contributed by atoms with van der Waals surface area (Å²) in [4.78, 5) is 14.6. The number of H-pyrrole nitrogens is 1. The molecule has 0 aliphatic heterocycles. The predicted molar refractivity (Wildman–Crippen MR) is 61.1 cm³/mol. The maximum atomic E-state index is 11.7. The summed E-state index contributed by atoms with van der Waals surface area (Å²) in [6, 6.07) is 4.05. The number of fused-ring (bicyclic) bond motifs is 1. The molecule has 0 aromatic carbocycles. The highest BCUT2D eigenvalue weighted by atomic mass is 32.1. The van der Waals surface area contributed by atoms with E-state index in [-0.39, 0.29) is 11.0 Å². The van der Waals surface area contributed by atoms with E-state index in [1.54, 1.807) is 0 Å². The molecule has 3 heteroatoms. The van der Waals surface area contributed by atoms with Crippen LogP contribution in [0.5, 0.6) is 0 Å². The molecule has 1 N–H and O–H groups in total. The first kappa shape index (κ1) is 9.46. The average Bonchev–Trinajstić information content (AvgIpc) is 2.50. The smallest absolute Gasteiger partial charge is 0.266 e. The largest absolute Gasteiger partial charge is 0.324 e. The van der Waals surface area contributed by atoms with Gasteiger partial charge in [0.25, 0.3) is 5.56 Å². The van der Waals surface area contributed by atoms with Crippen molar-refractivity contribution in [1.82, 2.24) is 4.98 Å². The molecule has 0 saturated heterocycles. The second kappa shape index (κ2) is 2.95. The van der Waals surface area contributed by atoms with E-state index in [4.69, 9.17) is 0 Å². The van der Waals surface area contributed by atoms with E-state index in [0.717, 1.165) is 15.8 Å². The fourth-order valence-electron chi connectivity index (χ4n) is 1.39. The molecule has 0 spiro atoms. The van der Waals surface area contributed by atoms with Crippen LogP contribution in [0.15, 0.2) is 22.3 Å². The second-order valence-electron chi connectivity index (χ2n) is 4.47. The average molecular weight is 207 g/mol. The van der Waals surface area contributed by atoms with E-state index < -0.39 is 0 Å². The minimum absolute atomic E-state index is 0.00468. The van der Waals surface area contributed by atoms with Gasteiger partial charge in [-0.2, -0.15) is 0 Å². The lowest BCUT2D eigenvalue weighted by molar-refractivity contribution is 0.568. The zero-order chi connectivity index (χ0) is 10.3. The van der Waals surface area contributed by atoms with Gasteiger partial charge in [0, 0.05) is 11.1 Å². The lowest BCUT2D eigenvalue weighted by Gasteiger charge is -2.18. The van der Waals surface area contributed by atoms with Crippen LogP contribution in [0.4, 0.5) is 0 Å². The summed E-state index contributed by atoms with van der Waals surface area (Å²) >= 11 is 1.49. The first-order chi connectivity index (χ1) is 6.48. The zero-order valence-corrected chi connectivity index (χ0v) is 9.37. The number of aromatic nitrogens is 1. The van der Waals surface area contributed by atoms with Gasteiger partial charge in [-0.25, -0.2) is 0 Å². The number of nitrogens with one attached hydrogen (secondary N) is 1. The molecule has 0 amide bonds. The summed E-state index contributed by atoms with van der Waals surface area (Å²) in [7, 11) is 0. The molecule has 14 heavy (non-hydrogen) atoms. The quantitative estimate of drug-likeness (QED) is 0.708. The molecule has 0 radical (unpaired) electrons. The minimum Gasteiger partial charge on any atom is -0.324 e. The summed E-state index contributed by atoms with van der Waals surface area (Å²) in [6.07, 6.45) is 0. The van der Waals surface area contributed by atoms with Crippen LogP contribution in [0.2, 0.25) is 0 Å². The van der Waals surface area contributed by atoms with Crippen molar-refractivity contribution in [2.45, 2.75) is 26.2 Å². The maximum absolute atomic E-state index is 11.7. The maximum Gasteiger partial charge on any atom is 0.266 e. The monoisotopic (exact) mass is 207 g/mol. The molecule has 2 aromatic rings. The van der Waals surface area contributed by atoms with Gasteiger partial charge in [0.2, 0.25) is 0 Å². The number of hydrogen-bond acceptors (Lipinski definition) is 2. The van der Waals surface area contributed by atoms with Crippen molar-refractivity contribution in [3.05, 3.63) is 33.6 Å². The van der Waals surface area contributed by atoms with Gasteiger partial charge >= 0.3 is 0 Å². The van der Waals surface area contributed by atoms with Crippen molar-refractivity contribution < 1.29 is 0 Å². The van der Waals surface area contributed by atoms with E-state index in [9.17, 15) is 4.79 Å². The third-order valence-corrected chi connectivity index (χ3v) is 3.19. The van der Waals surface area contributed by atoms with E-state index in [0.29, 0.717) is 0 Å². The third kappa shape index (κ3) is 1.48. The number of rotatable bonds is 0. The number of hydrogen-bond donors (Lipinski definition) is 1. The number of aromatic amines is 1. The van der Waals surface area contributed by atoms with Crippen LogP contribution < -0.4 is 5.56 Å². The van der Waals surface area contributed by atoms with Gasteiger partial charge in [0.1, 0.15) is 0 Å². The Morgan fingerprint density at radius 1 is 1.36 bits per heavy atom. The summed E-state index contributed by atoms with van der Waals surface area (Å²) in [5.41, 5.74) is 1.02. The van der Waals surface area contributed by atoms with Crippen molar-refractivity contribution in [2.75, 3.05) is 0 Å². The van der Waals surface area contributed by atoms with Crippen LogP contribution in [0.25, 0.3) is 10.1 Å². The molecule has 0 aliphatic carbocycles. The number of pyridine rings is 1. The van der Waals surface area contributed by atoms with Gasteiger partial charge in [-0.05, 0) is 22.9 Å². The Morgan fingerprint density at radius 2 is 2.07 bits per heavy atom. The lowest BCUT2D eigenvalue weighted by atomic mass is 9.91. The van der Waals surface area contributed by atoms with Crippen LogP contribution in [0.1, 0.15) is 26.5 Å². The summed E-state index contributed by atoms with van der Waals surface area (Å²) < 4.78 is 0.818. The molecule has 0 fully saturated rings. The molecular formula is C11H13NOS. The van der Waals surface area contributed by atoms with Crippen molar-refractivity contribution in [1.29, 1.82) is 0 Å². The van der Waals surface area contributed by atoms with Crippen LogP contribution in [-0.2, 0) is 5.41 Å². The van der Waals surface area contributed by atoms with E-state index in [2.05, 4.69) is 31.8 Å². The normalized spacial score (nSPS) is 12.2. The Bertz CT molecular complexity index is 516. The first-order valence-corrected chi connectivity index (χ1v) is 5.47. The van der Waals surface area contributed by atoms with E-state index in [1.165, 1.54) is 11.3 Å². The highest BCUT2D eigenvalue weighted by Gasteiger charge is 2.16. The Morgan fingerprint density at radius 3 is 2.71 bits per heavy atom. The van der Waals surface area contributed by atoms with Gasteiger partial charge in [-0.1, -0.05) is 20.8 Å². The van der Waals surface area contributed by atoms with Gasteiger partial charge in [-0.3, -0.25) is 4.79 Å². The molecule has 0 aliphatic rings. The standard InChI is InChI=1S/C11H13NOS/c1-11(2,3)8-6-7-4-5-14-9(7)10(13)12-8/h4-6H,1-3H3,(H,12,13). The molecule has 0 atom stereocenters. The van der Waals surface area contributed by atoms with Crippen LogP contribution >= 0.6 is 11.3 Å². The molecule has 0 bridgehead atoms. The Balaban J connectivity index is 2.77. The molecular weight excluding hydrogens is 194 g/mol. The Labute approximate surface area is 86.6 Å². The molecule has 0 unspecified atom stereocenters. The molecule has 74 valence electrons. The topological polar surface area (TPSA) is 32.9 Å². The van der Waals surface area contributed by atoms with Gasteiger partial charge in [-0.15, -0.1) is 11.3 Å². The second-order valence-corrected chi connectivity index (χ2v) is 5.38. The van der Waals surface area contributed by atoms with E-state index >= 15 is 0 Å². The first-order valence-electron chi connectivity index (χ1n) is 4.59. The summed E-state index contributed by atoms with van der Waals surface area (Å²) in [5.74, 6) is 0. The predicted octanol–water partition coefficient (Wildman–Crippen LogP) is 2.89. The highest BCUT2D eigenvalue weighted by Crippen LogP contribution is 2.23. The fourth-order valence-corrected chi connectivity index (χ4v) is 2.16. The molecule has 2 heterocycles. The minimum atomic E-state index is -0.00468. The van der Waals surface area contributed by atoms with Gasteiger partial charge in [0.05, 0.1) is 4.70 Å². The Hall–Kier alpha value is -1.09.